The van der Waals surface area contributed by atoms with Crippen molar-refractivity contribution < 1.29 is 18.0 Å². The molecule has 25 heavy (non-hydrogen) atoms. The van der Waals surface area contributed by atoms with Gasteiger partial charge in [0.2, 0.25) is 0 Å². The number of carbonyl (C=O) groups excluding carboxylic acids is 1. The second-order valence-electron chi connectivity index (χ2n) is 5.64. The van der Waals surface area contributed by atoms with Gasteiger partial charge in [0.25, 0.3) is 5.91 Å². The van der Waals surface area contributed by atoms with Crippen molar-refractivity contribution in [1.29, 1.82) is 0 Å². The number of rotatable bonds is 3. The first-order valence-electron chi connectivity index (χ1n) is 7.37. The standard InChI is InChI=1S/C15H15F3N6O/c1-8-4-12(15(16,17)18)24-13(21-8)5-11(22-24)14(25)19-6-10-7-20-23(3)9(10)2/h4-5,7H,6H2,1-3H3,(H,19,25). The average molecular weight is 352 g/mol. The summed E-state index contributed by atoms with van der Waals surface area (Å²) in [6.07, 6.45) is -2.98. The fourth-order valence-electron chi connectivity index (χ4n) is 2.40. The van der Waals surface area contributed by atoms with Crippen LogP contribution in [-0.4, -0.2) is 30.3 Å². The summed E-state index contributed by atoms with van der Waals surface area (Å²) in [7, 11) is 1.77. The molecule has 0 saturated heterocycles. The van der Waals surface area contributed by atoms with E-state index in [0.29, 0.717) is 4.52 Å². The topological polar surface area (TPSA) is 77.1 Å². The van der Waals surface area contributed by atoms with Crippen molar-refractivity contribution in [3.05, 3.63) is 46.7 Å². The third-order valence-electron chi connectivity index (χ3n) is 3.85. The number of alkyl halides is 3. The number of amides is 1. The van der Waals surface area contributed by atoms with E-state index in [1.807, 2.05) is 6.92 Å². The summed E-state index contributed by atoms with van der Waals surface area (Å²) >= 11 is 0. The summed E-state index contributed by atoms with van der Waals surface area (Å²) in [5.41, 5.74) is 0.742. The van der Waals surface area contributed by atoms with Crippen LogP contribution in [-0.2, 0) is 19.8 Å². The largest absolute Gasteiger partial charge is 0.433 e. The van der Waals surface area contributed by atoms with Crippen molar-refractivity contribution in [2.45, 2.75) is 26.6 Å². The minimum absolute atomic E-state index is 0.0324. The Bertz CT molecular complexity index is 956. The highest BCUT2D eigenvalue weighted by atomic mass is 19.4. The molecule has 0 radical (unpaired) electrons. The van der Waals surface area contributed by atoms with Crippen LogP contribution in [0.1, 0.15) is 33.1 Å². The predicted octanol–water partition coefficient (Wildman–Crippen LogP) is 2.03. The monoisotopic (exact) mass is 352 g/mol. The molecule has 0 fully saturated rings. The van der Waals surface area contributed by atoms with E-state index in [4.69, 9.17) is 0 Å². The lowest BCUT2D eigenvalue weighted by Crippen LogP contribution is -2.23. The molecule has 7 nitrogen and oxygen atoms in total. The highest BCUT2D eigenvalue weighted by molar-refractivity contribution is 5.93. The maximum Gasteiger partial charge on any atom is 0.433 e. The Balaban J connectivity index is 1.88. The van der Waals surface area contributed by atoms with Crippen LogP contribution < -0.4 is 5.32 Å². The Kier molecular flexibility index (Phi) is 3.97. The van der Waals surface area contributed by atoms with Gasteiger partial charge in [-0.05, 0) is 19.9 Å². The van der Waals surface area contributed by atoms with E-state index in [0.717, 1.165) is 17.3 Å². The zero-order chi connectivity index (χ0) is 18.4. The smallest absolute Gasteiger partial charge is 0.346 e. The number of aromatic nitrogens is 5. The molecule has 3 rings (SSSR count). The van der Waals surface area contributed by atoms with Crippen molar-refractivity contribution in [2.75, 3.05) is 0 Å². The van der Waals surface area contributed by atoms with E-state index in [9.17, 15) is 18.0 Å². The van der Waals surface area contributed by atoms with Gasteiger partial charge < -0.3 is 5.32 Å². The second-order valence-corrected chi connectivity index (χ2v) is 5.64. The number of fused-ring (bicyclic) bond motifs is 1. The summed E-state index contributed by atoms with van der Waals surface area (Å²) in [4.78, 5) is 16.2. The number of hydrogen-bond acceptors (Lipinski definition) is 4. The molecule has 3 aromatic rings. The molecular formula is C15H15F3N6O. The summed E-state index contributed by atoms with van der Waals surface area (Å²) in [5.74, 6) is -0.584. The number of aryl methyl sites for hydroxylation is 2. The van der Waals surface area contributed by atoms with Crippen LogP contribution in [0.25, 0.3) is 5.65 Å². The molecule has 132 valence electrons. The lowest BCUT2D eigenvalue weighted by Gasteiger charge is -2.09. The van der Waals surface area contributed by atoms with E-state index in [-0.39, 0.29) is 23.6 Å². The molecule has 0 aliphatic heterocycles. The van der Waals surface area contributed by atoms with E-state index in [2.05, 4.69) is 20.5 Å². The number of halogens is 3. The van der Waals surface area contributed by atoms with Crippen molar-refractivity contribution in [2.24, 2.45) is 7.05 Å². The third kappa shape index (κ3) is 3.19. The predicted molar refractivity (Wildman–Crippen MR) is 81.8 cm³/mol. The molecule has 1 amide bonds. The quantitative estimate of drug-likeness (QED) is 0.782. The molecule has 0 aliphatic rings. The molecule has 0 spiro atoms. The maximum atomic E-state index is 13.1. The summed E-state index contributed by atoms with van der Waals surface area (Å²) in [5, 5.41) is 10.4. The molecular weight excluding hydrogens is 337 g/mol. The normalized spacial score (nSPS) is 11.9. The zero-order valence-corrected chi connectivity index (χ0v) is 13.7. The summed E-state index contributed by atoms with van der Waals surface area (Å²) in [6, 6.07) is 2.12. The summed E-state index contributed by atoms with van der Waals surface area (Å²) < 4.78 is 41.7. The number of carbonyl (C=O) groups is 1. The molecule has 3 aromatic heterocycles. The highest BCUT2D eigenvalue weighted by Gasteiger charge is 2.35. The van der Waals surface area contributed by atoms with E-state index < -0.39 is 17.8 Å². The maximum absolute atomic E-state index is 13.1. The van der Waals surface area contributed by atoms with Crippen LogP contribution in [0.5, 0.6) is 0 Å². The van der Waals surface area contributed by atoms with Crippen LogP contribution >= 0.6 is 0 Å². The van der Waals surface area contributed by atoms with Crippen molar-refractivity contribution in [3.63, 3.8) is 0 Å². The molecule has 0 unspecified atom stereocenters. The van der Waals surface area contributed by atoms with Crippen LogP contribution in [0.15, 0.2) is 18.3 Å². The van der Waals surface area contributed by atoms with Gasteiger partial charge in [0, 0.05) is 36.6 Å². The average Bonchev–Trinajstić information content (AvgIpc) is 3.08. The van der Waals surface area contributed by atoms with Gasteiger partial charge in [0.15, 0.2) is 11.3 Å². The van der Waals surface area contributed by atoms with Crippen LogP contribution in [0.4, 0.5) is 13.2 Å². The van der Waals surface area contributed by atoms with Gasteiger partial charge in [-0.1, -0.05) is 0 Å². The van der Waals surface area contributed by atoms with Crippen molar-refractivity contribution in [3.8, 4) is 0 Å². The van der Waals surface area contributed by atoms with Gasteiger partial charge in [0.1, 0.15) is 5.69 Å². The van der Waals surface area contributed by atoms with Gasteiger partial charge in [-0.25, -0.2) is 9.50 Å². The third-order valence-corrected chi connectivity index (χ3v) is 3.85. The fraction of sp³-hybridized carbons (Fsp3) is 0.333. The van der Waals surface area contributed by atoms with Gasteiger partial charge in [-0.2, -0.15) is 23.4 Å². The van der Waals surface area contributed by atoms with Gasteiger partial charge >= 0.3 is 6.18 Å². The fourth-order valence-corrected chi connectivity index (χ4v) is 2.40. The lowest BCUT2D eigenvalue weighted by atomic mass is 10.2. The molecule has 0 aromatic carbocycles. The SMILES string of the molecule is Cc1cc(C(F)(F)F)n2nc(C(=O)NCc3cnn(C)c3C)cc2n1. The van der Waals surface area contributed by atoms with E-state index >= 15 is 0 Å². The van der Waals surface area contributed by atoms with Crippen molar-refractivity contribution in [1.82, 2.24) is 29.7 Å². The lowest BCUT2D eigenvalue weighted by molar-refractivity contribution is -0.142. The minimum atomic E-state index is -4.60. The van der Waals surface area contributed by atoms with Crippen LogP contribution in [0.2, 0.25) is 0 Å². The molecule has 1 N–H and O–H groups in total. The first-order valence-corrected chi connectivity index (χ1v) is 7.37. The first-order chi connectivity index (χ1) is 11.7. The first kappa shape index (κ1) is 16.9. The Morgan fingerprint density at radius 1 is 1.28 bits per heavy atom. The van der Waals surface area contributed by atoms with Gasteiger partial charge in [-0.15, -0.1) is 0 Å². The van der Waals surface area contributed by atoms with Crippen LogP contribution in [0.3, 0.4) is 0 Å². The molecule has 0 atom stereocenters. The van der Waals surface area contributed by atoms with Crippen LogP contribution in [0, 0.1) is 13.8 Å². The molecule has 0 aliphatic carbocycles. The Morgan fingerprint density at radius 3 is 2.60 bits per heavy atom. The van der Waals surface area contributed by atoms with E-state index in [1.54, 1.807) is 17.9 Å². The molecule has 0 saturated carbocycles. The summed E-state index contributed by atoms with van der Waals surface area (Å²) in [6.45, 7) is 3.50. The molecule has 3 heterocycles. The number of hydrogen-bond donors (Lipinski definition) is 1. The molecule has 10 heteroatoms. The second kappa shape index (κ2) is 5.87. The minimum Gasteiger partial charge on any atom is -0.346 e. The Labute approximate surface area is 140 Å². The van der Waals surface area contributed by atoms with E-state index in [1.165, 1.54) is 13.0 Å². The zero-order valence-electron chi connectivity index (χ0n) is 13.7. The Morgan fingerprint density at radius 2 is 2.00 bits per heavy atom. The molecule has 0 bridgehead atoms. The highest BCUT2D eigenvalue weighted by Crippen LogP contribution is 2.29. The number of nitrogens with zero attached hydrogens (tertiary/aromatic N) is 5. The van der Waals surface area contributed by atoms with Crippen molar-refractivity contribution >= 4 is 11.6 Å². The number of nitrogens with one attached hydrogen (secondary N) is 1. The van der Waals surface area contributed by atoms with Gasteiger partial charge in [-0.3, -0.25) is 9.48 Å². The Hall–Kier alpha value is -2.91. The van der Waals surface area contributed by atoms with Gasteiger partial charge in [0.05, 0.1) is 6.20 Å².